The molecule has 0 amide bonds. The van der Waals surface area contributed by atoms with Crippen molar-refractivity contribution in [2.24, 2.45) is 21.5 Å². The van der Waals surface area contributed by atoms with Crippen molar-refractivity contribution in [3.8, 4) is 0 Å². The Kier molecular flexibility index (Phi) is 4.39. The van der Waals surface area contributed by atoms with Crippen LogP contribution in [0.5, 0.6) is 0 Å². The molecule has 0 saturated heterocycles. The van der Waals surface area contributed by atoms with Crippen molar-refractivity contribution >= 4 is 49.5 Å². The van der Waals surface area contributed by atoms with E-state index >= 15 is 0 Å². The summed E-state index contributed by atoms with van der Waals surface area (Å²) in [5.74, 6) is 0.194. The molecule has 1 saturated carbocycles. The first-order valence-corrected chi connectivity index (χ1v) is 9.08. The van der Waals surface area contributed by atoms with Gasteiger partial charge in [0.05, 0.1) is 5.69 Å². The molecular weight excluding hydrogens is 429 g/mol. The molecule has 4 N–H and O–H groups in total. The Morgan fingerprint density at radius 1 is 1.22 bits per heavy atom. The third-order valence-corrected chi connectivity index (χ3v) is 6.02. The second-order valence-corrected chi connectivity index (χ2v) is 7.59. The van der Waals surface area contributed by atoms with Crippen LogP contribution in [-0.2, 0) is 0 Å². The summed E-state index contributed by atoms with van der Waals surface area (Å²) in [6.45, 7) is 1.72. The largest absolute Gasteiger partial charge is 0.369 e. The van der Waals surface area contributed by atoms with E-state index in [1.165, 1.54) is 6.07 Å². The van der Waals surface area contributed by atoms with Gasteiger partial charge in [0.15, 0.2) is 0 Å². The van der Waals surface area contributed by atoms with Crippen molar-refractivity contribution in [1.29, 1.82) is 0 Å². The molecular formula is C15H18Br2FN5. The van der Waals surface area contributed by atoms with E-state index in [1.807, 2.05) is 4.90 Å². The SMILES string of the molecule is Cc1c(F)cc(Br)c(N2C(N)=NC(N)=NC23CCCCC3)c1Br. The molecule has 1 heterocycles. The maximum absolute atomic E-state index is 14.0. The Bertz CT molecular complexity index is 710. The summed E-state index contributed by atoms with van der Waals surface area (Å²) < 4.78 is 15.2. The maximum Gasteiger partial charge on any atom is 0.220 e. The van der Waals surface area contributed by atoms with Crippen molar-refractivity contribution in [3.63, 3.8) is 0 Å². The molecule has 0 unspecified atom stereocenters. The zero-order chi connectivity index (χ0) is 16.8. The number of nitrogens with zero attached hydrogens (tertiary/aromatic N) is 3. The molecule has 5 nitrogen and oxygen atoms in total. The van der Waals surface area contributed by atoms with Crippen LogP contribution in [0.1, 0.15) is 37.7 Å². The molecule has 1 spiro atoms. The molecule has 1 aromatic carbocycles. The van der Waals surface area contributed by atoms with Crippen molar-refractivity contribution in [3.05, 3.63) is 26.4 Å². The normalized spacial score (nSPS) is 20.4. The smallest absolute Gasteiger partial charge is 0.220 e. The molecule has 124 valence electrons. The van der Waals surface area contributed by atoms with Crippen LogP contribution < -0.4 is 16.4 Å². The van der Waals surface area contributed by atoms with Crippen molar-refractivity contribution in [1.82, 2.24) is 0 Å². The average Bonchev–Trinajstić information content (AvgIpc) is 2.48. The summed E-state index contributed by atoms with van der Waals surface area (Å²) in [6, 6.07) is 1.45. The monoisotopic (exact) mass is 445 g/mol. The highest BCUT2D eigenvalue weighted by Gasteiger charge is 2.44. The Hall–Kier alpha value is -1.15. The molecule has 2 aliphatic rings. The van der Waals surface area contributed by atoms with Gasteiger partial charge in [-0.3, -0.25) is 4.90 Å². The van der Waals surface area contributed by atoms with Gasteiger partial charge in [0.25, 0.3) is 0 Å². The maximum atomic E-state index is 14.0. The average molecular weight is 447 g/mol. The topological polar surface area (TPSA) is 80.0 Å². The predicted molar refractivity (Wildman–Crippen MR) is 98.1 cm³/mol. The summed E-state index contributed by atoms with van der Waals surface area (Å²) in [7, 11) is 0. The Balaban J connectivity index is 2.21. The van der Waals surface area contributed by atoms with Gasteiger partial charge in [-0.05, 0) is 70.5 Å². The zero-order valence-corrected chi connectivity index (χ0v) is 15.9. The second-order valence-electron chi connectivity index (χ2n) is 5.95. The van der Waals surface area contributed by atoms with Gasteiger partial charge >= 0.3 is 0 Å². The Morgan fingerprint density at radius 2 is 1.87 bits per heavy atom. The van der Waals surface area contributed by atoms with Crippen LogP contribution in [0.4, 0.5) is 10.1 Å². The van der Waals surface area contributed by atoms with E-state index in [1.54, 1.807) is 6.92 Å². The predicted octanol–water partition coefficient (Wildman–Crippen LogP) is 3.77. The van der Waals surface area contributed by atoms with Gasteiger partial charge in [-0.15, -0.1) is 0 Å². The molecule has 0 aromatic heterocycles. The van der Waals surface area contributed by atoms with Crippen molar-refractivity contribution < 1.29 is 4.39 Å². The molecule has 1 aliphatic heterocycles. The van der Waals surface area contributed by atoms with E-state index in [2.05, 4.69) is 41.8 Å². The summed E-state index contributed by atoms with van der Waals surface area (Å²) in [5, 5.41) is 0. The fraction of sp³-hybridized carbons (Fsp3) is 0.467. The second kappa shape index (κ2) is 6.05. The molecule has 0 radical (unpaired) electrons. The number of rotatable bonds is 1. The van der Waals surface area contributed by atoms with Crippen LogP contribution in [-0.4, -0.2) is 17.6 Å². The molecule has 1 aromatic rings. The zero-order valence-electron chi connectivity index (χ0n) is 12.7. The van der Waals surface area contributed by atoms with Gasteiger partial charge in [0.1, 0.15) is 11.5 Å². The van der Waals surface area contributed by atoms with Crippen molar-refractivity contribution in [2.45, 2.75) is 44.7 Å². The quantitative estimate of drug-likeness (QED) is 0.688. The number of halogens is 3. The molecule has 1 fully saturated rings. The van der Waals surface area contributed by atoms with E-state index in [-0.39, 0.29) is 17.7 Å². The number of anilines is 1. The molecule has 0 bridgehead atoms. The van der Waals surface area contributed by atoms with Gasteiger partial charge in [0, 0.05) is 14.5 Å². The van der Waals surface area contributed by atoms with Crippen molar-refractivity contribution in [2.75, 3.05) is 4.90 Å². The third-order valence-electron chi connectivity index (χ3n) is 4.45. The standard InChI is InChI=1S/C15H18Br2FN5/c1-8-10(18)7-9(16)12(11(8)17)23-14(20)21-13(19)22-15(23)5-3-2-4-6-15/h7H,2-6H2,1H3,(H4,19,20,21,22). The van der Waals surface area contributed by atoms with Gasteiger partial charge in [-0.25, -0.2) is 9.38 Å². The first-order valence-electron chi connectivity index (χ1n) is 7.49. The summed E-state index contributed by atoms with van der Waals surface area (Å²) >= 11 is 6.97. The van der Waals surface area contributed by atoms with Crippen LogP contribution in [0, 0.1) is 12.7 Å². The first kappa shape index (κ1) is 16.7. The van der Waals surface area contributed by atoms with Gasteiger partial charge in [0.2, 0.25) is 11.9 Å². The Labute approximate surface area is 151 Å². The number of aliphatic imine (C=N–C) groups is 2. The lowest BCUT2D eigenvalue weighted by atomic mass is 9.87. The highest BCUT2D eigenvalue weighted by Crippen LogP contribution is 2.46. The summed E-state index contributed by atoms with van der Waals surface area (Å²) in [5.41, 5.74) is 12.8. The minimum atomic E-state index is -0.552. The molecule has 23 heavy (non-hydrogen) atoms. The fourth-order valence-corrected chi connectivity index (χ4v) is 4.75. The number of hydrogen-bond acceptors (Lipinski definition) is 5. The highest BCUT2D eigenvalue weighted by atomic mass is 79.9. The summed E-state index contributed by atoms with van der Waals surface area (Å²) in [6.07, 6.45) is 4.90. The van der Waals surface area contributed by atoms with E-state index in [4.69, 9.17) is 11.5 Å². The fourth-order valence-electron chi connectivity index (χ4n) is 3.33. The summed E-state index contributed by atoms with van der Waals surface area (Å²) in [4.78, 5) is 10.7. The van der Waals surface area contributed by atoms with Crippen LogP contribution in [0.2, 0.25) is 0 Å². The number of benzene rings is 1. The van der Waals surface area contributed by atoms with Crippen LogP contribution in [0.3, 0.4) is 0 Å². The lowest BCUT2D eigenvalue weighted by Gasteiger charge is -2.46. The van der Waals surface area contributed by atoms with Gasteiger partial charge < -0.3 is 11.5 Å². The first-order chi connectivity index (χ1) is 10.9. The molecule has 0 atom stereocenters. The lowest BCUT2D eigenvalue weighted by Crippen LogP contribution is -2.58. The van der Waals surface area contributed by atoms with E-state index in [0.29, 0.717) is 14.5 Å². The Morgan fingerprint density at radius 3 is 2.52 bits per heavy atom. The van der Waals surface area contributed by atoms with Crippen LogP contribution in [0.25, 0.3) is 0 Å². The third kappa shape index (κ3) is 2.76. The number of nitrogens with two attached hydrogens (primary N) is 2. The van der Waals surface area contributed by atoms with Gasteiger partial charge in [-0.1, -0.05) is 6.42 Å². The van der Waals surface area contributed by atoms with Crippen LogP contribution in [0.15, 0.2) is 25.0 Å². The number of guanidine groups is 2. The van der Waals surface area contributed by atoms with Gasteiger partial charge in [-0.2, -0.15) is 4.99 Å². The highest BCUT2D eigenvalue weighted by molar-refractivity contribution is 9.11. The van der Waals surface area contributed by atoms with Crippen LogP contribution >= 0.6 is 31.9 Å². The molecule has 8 heteroatoms. The van der Waals surface area contributed by atoms with E-state index < -0.39 is 5.66 Å². The molecule has 3 rings (SSSR count). The van der Waals surface area contributed by atoms with E-state index in [9.17, 15) is 4.39 Å². The van der Waals surface area contributed by atoms with E-state index in [0.717, 1.165) is 37.8 Å². The number of hydrogen-bond donors (Lipinski definition) is 2. The lowest BCUT2D eigenvalue weighted by molar-refractivity contribution is 0.305. The molecule has 1 aliphatic carbocycles. The minimum Gasteiger partial charge on any atom is -0.369 e. The minimum absolute atomic E-state index is 0.201.